The van der Waals surface area contributed by atoms with E-state index in [1.54, 1.807) is 16.7 Å². The Kier molecular flexibility index (Phi) is 5.09. The third-order valence-electron chi connectivity index (χ3n) is 4.26. The Balaban J connectivity index is 1.90. The topological polar surface area (TPSA) is 68.5 Å². The van der Waals surface area contributed by atoms with Crippen LogP contribution in [0.1, 0.15) is 9.67 Å². The third kappa shape index (κ3) is 3.63. The molecule has 2 aromatic carbocycles. The van der Waals surface area contributed by atoms with Gasteiger partial charge in [-0.2, -0.15) is 4.99 Å². The summed E-state index contributed by atoms with van der Waals surface area (Å²) in [5.41, 5.74) is 0.717. The molecule has 5 nitrogen and oxygen atoms in total. The predicted octanol–water partition coefficient (Wildman–Crippen LogP) is 4.35. The van der Waals surface area contributed by atoms with Gasteiger partial charge in [0.1, 0.15) is 4.88 Å². The number of nitrogens with zero attached hydrogens (tertiary/aromatic N) is 2. The molecule has 2 heterocycles. The second kappa shape index (κ2) is 7.43. The fourth-order valence-electron chi connectivity index (χ4n) is 2.90. The first-order valence-electron chi connectivity index (χ1n) is 8.32. The Morgan fingerprint density at radius 1 is 1.21 bits per heavy atom. The number of carbonyl (C=O) groups excluding carboxylic acids is 1. The summed E-state index contributed by atoms with van der Waals surface area (Å²) in [7, 11) is -3.35. The molecule has 0 spiro atoms. The van der Waals surface area contributed by atoms with Gasteiger partial charge in [0.15, 0.2) is 14.6 Å². The summed E-state index contributed by atoms with van der Waals surface area (Å²) in [5.74, 6) is 2.09. The van der Waals surface area contributed by atoms with Gasteiger partial charge in [-0.3, -0.25) is 4.79 Å². The molecule has 0 aliphatic rings. The Labute approximate surface area is 179 Å². The van der Waals surface area contributed by atoms with Crippen molar-refractivity contribution >= 4 is 70.3 Å². The van der Waals surface area contributed by atoms with Crippen molar-refractivity contribution in [2.45, 2.75) is 11.4 Å². The maximum absolute atomic E-state index is 12.9. The van der Waals surface area contributed by atoms with Crippen LogP contribution < -0.4 is 4.80 Å². The number of amides is 1. The number of aromatic nitrogens is 1. The Bertz CT molecular complexity index is 1500. The van der Waals surface area contributed by atoms with E-state index in [4.69, 9.17) is 18.0 Å². The number of hydrogen-bond acceptors (Lipinski definition) is 5. The summed E-state index contributed by atoms with van der Waals surface area (Å²) in [6.07, 6.45) is 6.64. The van der Waals surface area contributed by atoms with Crippen LogP contribution in [0.25, 0.3) is 20.3 Å². The molecule has 0 saturated heterocycles. The van der Waals surface area contributed by atoms with Crippen molar-refractivity contribution in [2.24, 2.45) is 4.99 Å². The first-order chi connectivity index (χ1) is 13.8. The van der Waals surface area contributed by atoms with Crippen molar-refractivity contribution in [1.82, 2.24) is 4.57 Å². The molecule has 2 aromatic heterocycles. The maximum Gasteiger partial charge on any atom is 0.291 e. The van der Waals surface area contributed by atoms with Crippen LogP contribution in [0.4, 0.5) is 0 Å². The smallest absolute Gasteiger partial charge is 0.291 e. The standard InChI is InChI=1S/C20H13ClN2O3S3/c1-3-10-23-14-9-8-12(29(2,25)26)11-16(14)28-20(23)22-19(24)18-17(21)13-6-4-5-7-15(13)27-18/h1,4-9,11H,10H2,2H3. The molecule has 0 atom stereocenters. The molecule has 29 heavy (non-hydrogen) atoms. The SMILES string of the molecule is C#CCn1c(=NC(=O)c2sc3ccccc3c2Cl)sc2cc(S(C)(=O)=O)ccc21. The second-order valence-electron chi connectivity index (χ2n) is 6.23. The first-order valence-corrected chi connectivity index (χ1v) is 12.2. The highest BCUT2D eigenvalue weighted by atomic mass is 35.5. The lowest BCUT2D eigenvalue weighted by molar-refractivity contribution is 0.100. The lowest BCUT2D eigenvalue weighted by Gasteiger charge is -2.01. The molecule has 0 fully saturated rings. The number of rotatable bonds is 3. The van der Waals surface area contributed by atoms with E-state index in [0.717, 1.165) is 16.3 Å². The van der Waals surface area contributed by atoms with E-state index in [9.17, 15) is 13.2 Å². The third-order valence-corrected chi connectivity index (χ3v) is 8.07. The number of fused-ring (bicyclic) bond motifs is 2. The van der Waals surface area contributed by atoms with Crippen LogP contribution in [0.3, 0.4) is 0 Å². The Morgan fingerprint density at radius 3 is 2.66 bits per heavy atom. The van der Waals surface area contributed by atoms with Crippen molar-refractivity contribution in [2.75, 3.05) is 6.26 Å². The summed E-state index contributed by atoms with van der Waals surface area (Å²) in [4.78, 5) is 18.1. The molecule has 146 valence electrons. The lowest BCUT2D eigenvalue weighted by atomic mass is 10.2. The van der Waals surface area contributed by atoms with E-state index in [-0.39, 0.29) is 11.4 Å². The van der Waals surface area contributed by atoms with Gasteiger partial charge in [-0.25, -0.2) is 8.42 Å². The fourth-order valence-corrected chi connectivity index (χ4v) is 6.09. The normalized spacial score (nSPS) is 12.5. The zero-order valence-electron chi connectivity index (χ0n) is 15.0. The zero-order chi connectivity index (χ0) is 20.8. The van der Waals surface area contributed by atoms with Crippen LogP contribution in [0, 0.1) is 12.3 Å². The van der Waals surface area contributed by atoms with E-state index in [1.807, 2.05) is 24.3 Å². The van der Waals surface area contributed by atoms with Crippen LogP contribution >= 0.6 is 34.3 Å². The van der Waals surface area contributed by atoms with Gasteiger partial charge in [0.2, 0.25) is 0 Å². The van der Waals surface area contributed by atoms with Crippen molar-refractivity contribution in [3.8, 4) is 12.3 Å². The van der Waals surface area contributed by atoms with E-state index < -0.39 is 15.7 Å². The first kappa shape index (κ1) is 19.9. The summed E-state index contributed by atoms with van der Waals surface area (Å²) >= 11 is 8.89. The Morgan fingerprint density at radius 2 is 1.97 bits per heavy atom. The number of halogens is 1. The fraction of sp³-hybridized carbons (Fsp3) is 0.100. The highest BCUT2D eigenvalue weighted by Gasteiger charge is 2.18. The average molecular weight is 461 g/mol. The highest BCUT2D eigenvalue weighted by Crippen LogP contribution is 2.35. The van der Waals surface area contributed by atoms with Gasteiger partial charge < -0.3 is 4.57 Å². The number of sulfone groups is 1. The molecule has 0 saturated carbocycles. The molecule has 0 radical (unpaired) electrons. The van der Waals surface area contributed by atoms with Crippen LogP contribution in [0.15, 0.2) is 52.4 Å². The maximum atomic E-state index is 12.9. The second-order valence-corrected chi connectivity index (χ2v) is 10.7. The van der Waals surface area contributed by atoms with Crippen LogP contribution in [-0.2, 0) is 16.4 Å². The summed E-state index contributed by atoms with van der Waals surface area (Å²) in [5, 5.41) is 1.19. The molecule has 0 aliphatic carbocycles. The number of hydrogen-bond donors (Lipinski definition) is 0. The van der Waals surface area contributed by atoms with Gasteiger partial charge in [-0.15, -0.1) is 17.8 Å². The van der Waals surface area contributed by atoms with Crippen molar-refractivity contribution < 1.29 is 13.2 Å². The highest BCUT2D eigenvalue weighted by molar-refractivity contribution is 7.90. The Hall–Kier alpha value is -2.44. The zero-order valence-corrected chi connectivity index (χ0v) is 18.3. The monoisotopic (exact) mass is 460 g/mol. The van der Waals surface area contributed by atoms with E-state index in [2.05, 4.69) is 10.9 Å². The predicted molar refractivity (Wildman–Crippen MR) is 118 cm³/mol. The van der Waals surface area contributed by atoms with Crippen molar-refractivity contribution in [1.29, 1.82) is 0 Å². The van der Waals surface area contributed by atoms with Gasteiger partial charge in [0.25, 0.3) is 5.91 Å². The molecule has 0 bridgehead atoms. The molecule has 0 N–H and O–H groups in total. The van der Waals surface area contributed by atoms with Gasteiger partial charge >= 0.3 is 0 Å². The van der Waals surface area contributed by atoms with E-state index in [1.165, 1.54) is 28.7 Å². The largest absolute Gasteiger partial charge is 0.305 e. The number of carbonyl (C=O) groups is 1. The number of benzene rings is 2. The molecule has 4 rings (SSSR count). The minimum absolute atomic E-state index is 0.199. The molecule has 4 aromatic rings. The number of thiazole rings is 1. The van der Waals surface area contributed by atoms with Crippen LogP contribution in [0.2, 0.25) is 5.02 Å². The molecular formula is C20H13ClN2O3S3. The van der Waals surface area contributed by atoms with E-state index in [0.29, 0.717) is 24.9 Å². The molecular weight excluding hydrogens is 448 g/mol. The van der Waals surface area contributed by atoms with Gasteiger partial charge in [-0.1, -0.05) is 47.1 Å². The van der Waals surface area contributed by atoms with E-state index >= 15 is 0 Å². The summed E-state index contributed by atoms with van der Waals surface area (Å²) in [6, 6.07) is 12.3. The molecule has 9 heteroatoms. The van der Waals surface area contributed by atoms with Crippen LogP contribution in [0.5, 0.6) is 0 Å². The van der Waals surface area contributed by atoms with Gasteiger partial charge in [0, 0.05) is 16.3 Å². The van der Waals surface area contributed by atoms with Gasteiger partial charge in [0.05, 0.1) is 26.7 Å². The lowest BCUT2D eigenvalue weighted by Crippen LogP contribution is -2.16. The molecule has 0 unspecified atom stereocenters. The quantitative estimate of drug-likeness (QED) is 0.427. The average Bonchev–Trinajstić information content (AvgIpc) is 3.19. The minimum atomic E-state index is -3.35. The molecule has 1 amide bonds. The van der Waals surface area contributed by atoms with Crippen molar-refractivity contribution in [3.05, 3.63) is 57.2 Å². The number of thiophene rings is 1. The van der Waals surface area contributed by atoms with Crippen LogP contribution in [-0.4, -0.2) is 25.1 Å². The van der Waals surface area contributed by atoms with Crippen molar-refractivity contribution in [3.63, 3.8) is 0 Å². The summed E-state index contributed by atoms with van der Waals surface area (Å²) < 4.78 is 27.0. The molecule has 0 aliphatic heterocycles. The van der Waals surface area contributed by atoms with Gasteiger partial charge in [-0.05, 0) is 24.3 Å². The number of terminal acetylenes is 1. The summed E-state index contributed by atoms with van der Waals surface area (Å²) in [6.45, 7) is 0.199. The minimum Gasteiger partial charge on any atom is -0.305 e.